The van der Waals surface area contributed by atoms with Crippen molar-refractivity contribution in [3.05, 3.63) is 35.4 Å². The quantitative estimate of drug-likeness (QED) is 0.319. The molecule has 2 N–H and O–H groups in total. The highest BCUT2D eigenvalue weighted by atomic mass is 32.1. The monoisotopic (exact) mass is 679 g/mol. The Bertz CT molecular complexity index is 1820. The van der Waals surface area contributed by atoms with Crippen LogP contribution in [0.15, 0.2) is 24.3 Å². The molecule has 2 bridgehead atoms. The van der Waals surface area contributed by atoms with Crippen molar-refractivity contribution in [2.45, 2.75) is 55.7 Å². The fourth-order valence-electron chi connectivity index (χ4n) is 6.53. The van der Waals surface area contributed by atoms with Crippen LogP contribution < -0.4 is 29.7 Å². The zero-order valence-electron chi connectivity index (χ0n) is 24.6. The third-order valence-electron chi connectivity index (χ3n) is 9.17. The molecule has 248 valence electrons. The van der Waals surface area contributed by atoms with E-state index in [4.69, 9.17) is 9.47 Å². The fourth-order valence-corrected chi connectivity index (χ4v) is 7.66. The summed E-state index contributed by atoms with van der Waals surface area (Å²) in [5.41, 5.74) is -3.38. The Hall–Kier alpha value is -4.43. The zero-order chi connectivity index (χ0) is 33.4. The molecule has 1 saturated carbocycles. The minimum atomic E-state index is -4.57. The molecule has 0 radical (unpaired) electrons. The van der Waals surface area contributed by atoms with Crippen molar-refractivity contribution >= 4 is 44.2 Å². The molecule has 2 amide bonds. The molecule has 3 aromatic rings. The molecular weight excluding hydrogens is 653 g/mol. The van der Waals surface area contributed by atoms with Crippen LogP contribution in [0.1, 0.15) is 52.8 Å². The summed E-state index contributed by atoms with van der Waals surface area (Å²) in [6, 6.07) is 7.47. The van der Waals surface area contributed by atoms with Crippen LogP contribution in [-0.2, 0) is 4.74 Å². The van der Waals surface area contributed by atoms with E-state index >= 15 is 0 Å². The predicted octanol–water partition coefficient (Wildman–Crippen LogP) is 5.60. The average molecular weight is 680 g/mol. The van der Waals surface area contributed by atoms with Crippen LogP contribution in [0.3, 0.4) is 0 Å². The van der Waals surface area contributed by atoms with Crippen LogP contribution >= 0.6 is 11.3 Å². The second kappa shape index (κ2) is 10.8. The van der Waals surface area contributed by atoms with Gasteiger partial charge in [0, 0.05) is 19.2 Å². The first-order valence-electron chi connectivity index (χ1n) is 14.6. The first-order valence-corrected chi connectivity index (χ1v) is 15.5. The summed E-state index contributed by atoms with van der Waals surface area (Å²) in [4.78, 5) is 34.2. The number of nitriles is 1. The van der Waals surface area contributed by atoms with E-state index in [1.54, 1.807) is 12.1 Å². The van der Waals surface area contributed by atoms with Gasteiger partial charge in [-0.15, -0.1) is 8.78 Å². The molecule has 4 fully saturated rings. The van der Waals surface area contributed by atoms with Crippen LogP contribution in [0.4, 0.5) is 32.8 Å². The number of ether oxygens (including phenoxy) is 4. The Morgan fingerprint density at radius 1 is 1.13 bits per heavy atom. The molecule has 17 heteroatoms. The highest BCUT2D eigenvalue weighted by Gasteiger charge is 2.63. The molecule has 0 unspecified atom stereocenters. The highest BCUT2D eigenvalue weighted by Crippen LogP contribution is 2.52. The second-order valence-corrected chi connectivity index (χ2v) is 13.0. The molecule has 4 aliphatic heterocycles. The van der Waals surface area contributed by atoms with Crippen LogP contribution in [0, 0.1) is 17.2 Å². The molecule has 8 rings (SSSR count). The molecule has 3 saturated heterocycles. The summed E-state index contributed by atoms with van der Waals surface area (Å²) in [5, 5.41) is 15.3. The van der Waals surface area contributed by atoms with Crippen molar-refractivity contribution in [3.63, 3.8) is 0 Å². The Morgan fingerprint density at radius 2 is 1.85 bits per heavy atom. The number of hydrogen-bond acceptors (Lipinski definition) is 10. The number of carbonyl (C=O) groups excluding carboxylic acids is 2. The summed E-state index contributed by atoms with van der Waals surface area (Å²) in [6.45, 7) is 0.696. The molecule has 47 heavy (non-hydrogen) atoms. The molecule has 0 spiro atoms. The van der Waals surface area contributed by atoms with E-state index in [2.05, 4.69) is 31.2 Å². The summed E-state index contributed by atoms with van der Waals surface area (Å²) in [5.74, 6) is -2.50. The van der Waals surface area contributed by atoms with E-state index in [0.717, 1.165) is 12.1 Å². The maximum atomic E-state index is 14.0. The van der Waals surface area contributed by atoms with E-state index in [9.17, 15) is 36.8 Å². The number of amides is 2. The topological polar surface area (TPSA) is 135 Å². The van der Waals surface area contributed by atoms with E-state index in [1.807, 2.05) is 4.90 Å². The van der Waals surface area contributed by atoms with Gasteiger partial charge in [0.25, 0.3) is 11.8 Å². The number of thiazole rings is 1. The number of alkyl halides is 5. The van der Waals surface area contributed by atoms with Crippen molar-refractivity contribution in [2.24, 2.45) is 5.92 Å². The highest BCUT2D eigenvalue weighted by molar-refractivity contribution is 7.22. The smallest absolute Gasteiger partial charge is 0.496 e. The van der Waals surface area contributed by atoms with Gasteiger partial charge in [-0.05, 0) is 50.3 Å². The van der Waals surface area contributed by atoms with E-state index in [1.165, 1.54) is 18.4 Å². The molecule has 1 aromatic heterocycles. The molecule has 2 aromatic carbocycles. The minimum absolute atomic E-state index is 0.0262. The van der Waals surface area contributed by atoms with E-state index in [0.29, 0.717) is 34.9 Å². The van der Waals surface area contributed by atoms with Crippen LogP contribution in [0.5, 0.6) is 17.2 Å². The molecular formula is C30H26F5N5O6S. The lowest BCUT2D eigenvalue weighted by Crippen LogP contribution is -2.66. The molecule has 11 nitrogen and oxygen atoms in total. The van der Waals surface area contributed by atoms with Crippen LogP contribution in [0.2, 0.25) is 0 Å². The maximum Gasteiger partial charge on any atom is 0.586 e. The van der Waals surface area contributed by atoms with Crippen molar-refractivity contribution in [3.8, 4) is 23.3 Å². The Morgan fingerprint density at radius 3 is 2.47 bits per heavy atom. The summed E-state index contributed by atoms with van der Waals surface area (Å²) >= 11 is 1.21. The Balaban J connectivity index is 1.21. The van der Waals surface area contributed by atoms with E-state index < -0.39 is 53.5 Å². The predicted molar refractivity (Wildman–Crippen MR) is 156 cm³/mol. The molecule has 5 aliphatic rings. The number of fused-ring (bicyclic) bond motifs is 5. The second-order valence-electron chi connectivity index (χ2n) is 12.0. The van der Waals surface area contributed by atoms with Gasteiger partial charge in [0.05, 0.1) is 52.7 Å². The Labute approximate surface area is 267 Å². The number of methoxy groups -OCH3 is 1. The zero-order valence-corrected chi connectivity index (χ0v) is 25.4. The lowest BCUT2D eigenvalue weighted by molar-refractivity contribution is -0.317. The van der Waals surface area contributed by atoms with Gasteiger partial charge in [0.2, 0.25) is 0 Å². The number of carbonyl (C=O) groups is 2. The molecule has 5 heterocycles. The number of anilines is 2. The lowest BCUT2D eigenvalue weighted by Gasteiger charge is -2.53. The first kappa shape index (κ1) is 31.2. The lowest BCUT2D eigenvalue weighted by atomic mass is 9.70. The number of benzene rings is 2. The number of nitrogens with zero attached hydrogens (tertiary/aromatic N) is 3. The third kappa shape index (κ3) is 5.32. The van der Waals surface area contributed by atoms with Gasteiger partial charge < -0.3 is 34.5 Å². The van der Waals surface area contributed by atoms with Gasteiger partial charge >= 0.3 is 12.5 Å². The van der Waals surface area contributed by atoms with Crippen molar-refractivity contribution in [2.75, 3.05) is 37.0 Å². The van der Waals surface area contributed by atoms with Gasteiger partial charge in [0.15, 0.2) is 22.2 Å². The summed E-state index contributed by atoms with van der Waals surface area (Å²) in [6.07, 6.45) is -8.70. The van der Waals surface area contributed by atoms with Gasteiger partial charge in [-0.1, -0.05) is 11.3 Å². The number of hydrogen-bond donors (Lipinski definition) is 2. The van der Waals surface area contributed by atoms with Crippen molar-refractivity contribution in [1.82, 2.24) is 10.3 Å². The number of aromatic nitrogens is 1. The van der Waals surface area contributed by atoms with Gasteiger partial charge in [-0.2, -0.15) is 18.4 Å². The Kier molecular flexibility index (Phi) is 7.17. The molecule has 1 atom stereocenters. The SMILES string of the molecule is COc1ccc2nc(N3CC[C@H](C#N)C3)sc2c1C(=O)Nc1cc2c(cc1C(=O)NC13CCC(C(F)(F)F)(CC1)OC3)OC(F)(F)O2. The number of halogens is 5. The number of nitrogens with one attached hydrogen (secondary N) is 2. The standard InChI is InChI=1S/C30H26F5N5O6S/c1-43-19-3-2-17-23(47-26(38-17)40-9-4-15(12-36)13-40)22(19)25(42)37-18-11-21-20(45-30(34,35)46-21)10-16(18)24(41)39-27-5-7-28(8-6-27,44-14-27)29(31,32)33/h2-3,10-11,15H,4-9,13-14H2,1H3,(H,37,42)(H,39,41)/t15-,27?,28?/m1/s1. The average Bonchev–Trinajstić information content (AvgIpc) is 3.75. The number of rotatable bonds is 6. The van der Waals surface area contributed by atoms with Crippen molar-refractivity contribution < 1.29 is 50.5 Å². The van der Waals surface area contributed by atoms with Crippen LogP contribution in [0.25, 0.3) is 10.2 Å². The van der Waals surface area contributed by atoms with Gasteiger partial charge in [-0.25, -0.2) is 4.98 Å². The maximum absolute atomic E-state index is 14.0. The minimum Gasteiger partial charge on any atom is -0.496 e. The first-order chi connectivity index (χ1) is 22.2. The summed E-state index contributed by atoms with van der Waals surface area (Å²) < 4.78 is 89.3. The van der Waals surface area contributed by atoms with Gasteiger partial charge in [0.1, 0.15) is 11.3 Å². The van der Waals surface area contributed by atoms with Gasteiger partial charge in [-0.3, -0.25) is 9.59 Å². The van der Waals surface area contributed by atoms with E-state index in [-0.39, 0.29) is 54.2 Å². The third-order valence-corrected chi connectivity index (χ3v) is 10.3. The molecule has 1 aliphatic carbocycles. The van der Waals surface area contributed by atoms with Crippen LogP contribution in [-0.4, -0.2) is 67.2 Å². The fraction of sp³-hybridized carbons (Fsp3) is 0.467. The van der Waals surface area contributed by atoms with Crippen molar-refractivity contribution in [1.29, 1.82) is 5.26 Å². The largest absolute Gasteiger partial charge is 0.586 e. The summed E-state index contributed by atoms with van der Waals surface area (Å²) in [7, 11) is 1.36. The normalized spacial score (nSPS) is 25.9.